The van der Waals surface area contributed by atoms with Crippen molar-refractivity contribution in [3.63, 3.8) is 0 Å². The van der Waals surface area contributed by atoms with Crippen LogP contribution in [0.1, 0.15) is 45.7 Å². The zero-order valence-corrected chi connectivity index (χ0v) is 15.8. The predicted molar refractivity (Wildman–Crippen MR) is 102 cm³/mol. The second-order valence-corrected chi connectivity index (χ2v) is 7.37. The Balaban J connectivity index is 1.75. The molecule has 1 saturated carbocycles. The highest BCUT2D eigenvalue weighted by Crippen LogP contribution is 2.32. The summed E-state index contributed by atoms with van der Waals surface area (Å²) in [6, 6.07) is 10.7. The van der Waals surface area contributed by atoms with E-state index in [4.69, 9.17) is 0 Å². The van der Waals surface area contributed by atoms with E-state index in [9.17, 15) is 4.79 Å². The van der Waals surface area contributed by atoms with Gasteiger partial charge in [0, 0.05) is 25.3 Å². The monoisotopic (exact) mass is 348 g/mol. The number of benzene rings is 1. The van der Waals surface area contributed by atoms with E-state index in [1.54, 1.807) is 4.68 Å². The number of aromatic nitrogens is 3. The first-order valence-electron chi connectivity index (χ1n) is 9.11. The van der Waals surface area contributed by atoms with Gasteiger partial charge in [-0.1, -0.05) is 29.8 Å². The first-order chi connectivity index (χ1) is 12.4. The van der Waals surface area contributed by atoms with Crippen molar-refractivity contribution in [2.45, 2.75) is 46.2 Å². The van der Waals surface area contributed by atoms with E-state index in [0.717, 1.165) is 40.8 Å². The van der Waals surface area contributed by atoms with Crippen molar-refractivity contribution in [1.82, 2.24) is 19.7 Å². The highest BCUT2D eigenvalue weighted by Gasteiger charge is 2.34. The van der Waals surface area contributed by atoms with Crippen LogP contribution in [0.25, 0.3) is 11.0 Å². The molecule has 0 bridgehead atoms. The minimum Gasteiger partial charge on any atom is -0.331 e. The third-order valence-electron chi connectivity index (χ3n) is 5.05. The fourth-order valence-electron chi connectivity index (χ4n) is 3.54. The molecule has 1 aliphatic rings. The van der Waals surface area contributed by atoms with Crippen molar-refractivity contribution >= 4 is 16.9 Å². The standard InChI is InChI=1S/C21H24N4O/c1-13-5-7-16(8-6-13)12-25(17-9-10-17)21(26)18-11-14(2)22-20-19(18)15(3)23-24(20)4/h5-8,11,17H,9-10,12H2,1-4H3. The van der Waals surface area contributed by atoms with Gasteiger partial charge < -0.3 is 4.90 Å². The Morgan fingerprint density at radius 1 is 1.19 bits per heavy atom. The Hall–Kier alpha value is -2.69. The second kappa shape index (κ2) is 6.24. The first-order valence-corrected chi connectivity index (χ1v) is 9.11. The fourth-order valence-corrected chi connectivity index (χ4v) is 3.54. The van der Waals surface area contributed by atoms with Crippen molar-refractivity contribution < 1.29 is 4.79 Å². The van der Waals surface area contributed by atoms with Gasteiger partial charge >= 0.3 is 0 Å². The van der Waals surface area contributed by atoms with Crippen molar-refractivity contribution in [1.29, 1.82) is 0 Å². The van der Waals surface area contributed by atoms with Crippen LogP contribution in [0.2, 0.25) is 0 Å². The van der Waals surface area contributed by atoms with Crippen molar-refractivity contribution in [2.75, 3.05) is 0 Å². The summed E-state index contributed by atoms with van der Waals surface area (Å²) in [7, 11) is 1.88. The summed E-state index contributed by atoms with van der Waals surface area (Å²) in [6.45, 7) is 6.60. The highest BCUT2D eigenvalue weighted by atomic mass is 16.2. The maximum absolute atomic E-state index is 13.5. The lowest BCUT2D eigenvalue weighted by molar-refractivity contribution is 0.0731. The molecule has 1 aromatic carbocycles. The van der Waals surface area contributed by atoms with Crippen molar-refractivity contribution in [3.8, 4) is 0 Å². The number of hydrogen-bond acceptors (Lipinski definition) is 3. The quantitative estimate of drug-likeness (QED) is 0.722. The average Bonchev–Trinajstić information content (AvgIpc) is 3.40. The third-order valence-corrected chi connectivity index (χ3v) is 5.05. The lowest BCUT2D eigenvalue weighted by Crippen LogP contribution is -2.33. The van der Waals surface area contributed by atoms with Crippen LogP contribution >= 0.6 is 0 Å². The minimum atomic E-state index is 0.0830. The zero-order chi connectivity index (χ0) is 18.4. The number of carbonyl (C=O) groups is 1. The summed E-state index contributed by atoms with van der Waals surface area (Å²) < 4.78 is 1.76. The molecule has 0 N–H and O–H groups in total. The zero-order valence-electron chi connectivity index (χ0n) is 15.8. The van der Waals surface area contributed by atoms with Crippen LogP contribution in [0.15, 0.2) is 30.3 Å². The highest BCUT2D eigenvalue weighted by molar-refractivity contribution is 6.06. The molecule has 2 aromatic heterocycles. The summed E-state index contributed by atoms with van der Waals surface area (Å²) in [5.41, 5.74) is 5.59. The smallest absolute Gasteiger partial charge is 0.255 e. The molecule has 4 rings (SSSR count). The topological polar surface area (TPSA) is 51.0 Å². The van der Waals surface area contributed by atoms with E-state index >= 15 is 0 Å². The molecule has 26 heavy (non-hydrogen) atoms. The molecule has 1 amide bonds. The van der Waals surface area contributed by atoms with Crippen LogP contribution in [0.4, 0.5) is 0 Å². The number of pyridine rings is 1. The fraction of sp³-hybridized carbons (Fsp3) is 0.381. The number of fused-ring (bicyclic) bond motifs is 1. The molecule has 5 heteroatoms. The van der Waals surface area contributed by atoms with Gasteiger partial charge in [0.2, 0.25) is 0 Å². The van der Waals surface area contributed by atoms with E-state index < -0.39 is 0 Å². The minimum absolute atomic E-state index is 0.0830. The molecule has 0 saturated heterocycles. The molecule has 5 nitrogen and oxygen atoms in total. The van der Waals surface area contributed by atoms with Crippen LogP contribution in [0.3, 0.4) is 0 Å². The Bertz CT molecular complexity index is 983. The molecular formula is C21H24N4O. The van der Waals surface area contributed by atoms with Gasteiger partial charge in [0.1, 0.15) is 0 Å². The van der Waals surface area contributed by atoms with Gasteiger partial charge in [0.05, 0.1) is 16.6 Å². The van der Waals surface area contributed by atoms with Crippen LogP contribution in [0, 0.1) is 20.8 Å². The summed E-state index contributed by atoms with van der Waals surface area (Å²) in [4.78, 5) is 20.1. The molecular weight excluding hydrogens is 324 g/mol. The molecule has 2 heterocycles. The Kier molecular flexibility index (Phi) is 4.02. The number of aryl methyl sites for hydroxylation is 4. The summed E-state index contributed by atoms with van der Waals surface area (Å²) >= 11 is 0. The van der Waals surface area contributed by atoms with Crippen molar-refractivity contribution in [2.24, 2.45) is 7.05 Å². The van der Waals surface area contributed by atoms with Crippen LogP contribution in [0.5, 0.6) is 0 Å². The summed E-state index contributed by atoms with van der Waals surface area (Å²) in [5, 5.41) is 5.34. The summed E-state index contributed by atoms with van der Waals surface area (Å²) in [6.07, 6.45) is 2.16. The van der Waals surface area contributed by atoms with Crippen LogP contribution in [-0.4, -0.2) is 31.6 Å². The van der Waals surface area contributed by atoms with E-state index in [0.29, 0.717) is 12.6 Å². The van der Waals surface area contributed by atoms with E-state index in [-0.39, 0.29) is 5.91 Å². The molecule has 0 spiro atoms. The Labute approximate surface area is 153 Å². The van der Waals surface area contributed by atoms with Gasteiger partial charge in [-0.25, -0.2) is 4.98 Å². The van der Waals surface area contributed by atoms with Gasteiger partial charge in [-0.2, -0.15) is 5.10 Å². The van der Waals surface area contributed by atoms with Gasteiger partial charge in [-0.05, 0) is 45.2 Å². The van der Waals surface area contributed by atoms with E-state index in [2.05, 4.69) is 41.3 Å². The number of nitrogens with zero attached hydrogens (tertiary/aromatic N) is 4. The second-order valence-electron chi connectivity index (χ2n) is 7.37. The molecule has 134 valence electrons. The SMILES string of the molecule is Cc1ccc(CN(C(=O)c2cc(C)nc3c2c(C)nn3C)C2CC2)cc1. The Morgan fingerprint density at radius 3 is 2.54 bits per heavy atom. The van der Waals surface area contributed by atoms with Gasteiger partial charge in [0.15, 0.2) is 5.65 Å². The van der Waals surface area contributed by atoms with E-state index in [1.165, 1.54) is 11.1 Å². The number of hydrogen-bond donors (Lipinski definition) is 0. The van der Waals surface area contributed by atoms with E-state index in [1.807, 2.05) is 31.9 Å². The number of amides is 1. The maximum Gasteiger partial charge on any atom is 0.255 e. The molecule has 0 atom stereocenters. The Morgan fingerprint density at radius 2 is 1.88 bits per heavy atom. The number of carbonyl (C=O) groups excluding carboxylic acids is 1. The predicted octanol–water partition coefficient (Wildman–Crippen LogP) is 3.70. The molecule has 3 aromatic rings. The molecule has 1 fully saturated rings. The van der Waals surface area contributed by atoms with Crippen LogP contribution < -0.4 is 0 Å². The third kappa shape index (κ3) is 2.98. The first kappa shape index (κ1) is 16.8. The number of rotatable bonds is 4. The molecule has 0 unspecified atom stereocenters. The molecule has 0 radical (unpaired) electrons. The normalized spacial score (nSPS) is 14.0. The largest absolute Gasteiger partial charge is 0.331 e. The van der Waals surface area contributed by atoms with Crippen LogP contribution in [-0.2, 0) is 13.6 Å². The molecule has 1 aliphatic carbocycles. The molecule has 0 aliphatic heterocycles. The summed E-state index contributed by atoms with van der Waals surface area (Å²) in [5.74, 6) is 0.0830. The maximum atomic E-state index is 13.5. The van der Waals surface area contributed by atoms with Gasteiger partial charge in [-0.3, -0.25) is 9.48 Å². The lowest BCUT2D eigenvalue weighted by atomic mass is 10.1. The van der Waals surface area contributed by atoms with Gasteiger partial charge in [0.25, 0.3) is 5.91 Å². The van der Waals surface area contributed by atoms with Crippen molar-refractivity contribution in [3.05, 3.63) is 58.4 Å². The average molecular weight is 348 g/mol. The lowest BCUT2D eigenvalue weighted by Gasteiger charge is -2.23. The van der Waals surface area contributed by atoms with Gasteiger partial charge in [-0.15, -0.1) is 0 Å².